The maximum absolute atomic E-state index is 11.7. The number of aliphatic hydroxyl groups excluding tert-OH is 1. The van der Waals surface area contributed by atoms with E-state index in [0.29, 0.717) is 0 Å². The molecule has 0 radical (unpaired) electrons. The van der Waals surface area contributed by atoms with Crippen molar-refractivity contribution in [3.8, 4) is 5.75 Å². The number of hydrogen-bond acceptors (Lipinski definition) is 4. The van der Waals surface area contributed by atoms with E-state index in [4.69, 9.17) is 15.6 Å². The summed E-state index contributed by atoms with van der Waals surface area (Å²) in [6, 6.07) is 6.65. The maximum Gasteiger partial charge on any atom is 0.237 e. The van der Waals surface area contributed by atoms with Crippen molar-refractivity contribution in [2.24, 2.45) is 5.73 Å². The highest BCUT2D eigenvalue weighted by atomic mass is 16.5. The number of hydrogen-bond donors (Lipinski definition) is 3. The zero-order chi connectivity index (χ0) is 13.5. The van der Waals surface area contributed by atoms with Gasteiger partial charge in [0, 0.05) is 6.61 Å². The molecule has 0 unspecified atom stereocenters. The third-order valence-corrected chi connectivity index (χ3v) is 2.73. The lowest BCUT2D eigenvalue weighted by Crippen LogP contribution is -2.42. The van der Waals surface area contributed by atoms with Crippen molar-refractivity contribution in [3.63, 3.8) is 0 Å². The topological polar surface area (TPSA) is 84.6 Å². The van der Waals surface area contributed by atoms with E-state index in [9.17, 15) is 4.79 Å². The largest absolute Gasteiger partial charge is 0.497 e. The molecule has 2 atom stereocenters. The number of carbonyl (C=O) groups excluding carboxylic acids is 1. The first-order valence-corrected chi connectivity index (χ1v) is 5.89. The van der Waals surface area contributed by atoms with Gasteiger partial charge in [0.05, 0.1) is 19.2 Å². The first-order chi connectivity index (χ1) is 8.58. The van der Waals surface area contributed by atoms with Crippen molar-refractivity contribution in [2.45, 2.75) is 25.4 Å². The Bertz CT molecular complexity index is 396. The molecule has 1 aromatic carbocycles. The summed E-state index contributed by atoms with van der Waals surface area (Å²) in [6.45, 7) is 1.78. The second-order valence-electron chi connectivity index (χ2n) is 4.13. The summed E-state index contributed by atoms with van der Waals surface area (Å²) < 4.78 is 5.13. The van der Waals surface area contributed by atoms with Crippen molar-refractivity contribution in [1.82, 2.24) is 5.32 Å². The zero-order valence-corrected chi connectivity index (χ0v) is 10.7. The van der Waals surface area contributed by atoms with Gasteiger partial charge in [-0.25, -0.2) is 0 Å². The van der Waals surface area contributed by atoms with Crippen molar-refractivity contribution < 1.29 is 14.6 Å². The van der Waals surface area contributed by atoms with Crippen LogP contribution in [0.4, 0.5) is 0 Å². The number of nitrogens with two attached hydrogens (primary N) is 1. The van der Waals surface area contributed by atoms with E-state index in [1.54, 1.807) is 7.11 Å². The molecule has 0 aliphatic heterocycles. The van der Waals surface area contributed by atoms with Crippen LogP contribution in [0.2, 0.25) is 0 Å². The number of methoxy groups -OCH3 is 1. The fraction of sp³-hybridized carbons (Fsp3) is 0.462. The van der Waals surface area contributed by atoms with E-state index in [1.807, 2.05) is 31.2 Å². The van der Waals surface area contributed by atoms with Gasteiger partial charge in [0.15, 0.2) is 0 Å². The minimum absolute atomic E-state index is 0.0951. The lowest BCUT2D eigenvalue weighted by molar-refractivity contribution is -0.123. The molecule has 0 aliphatic rings. The predicted octanol–water partition coefficient (Wildman–Crippen LogP) is 0.582. The molecule has 5 nitrogen and oxygen atoms in total. The van der Waals surface area contributed by atoms with Gasteiger partial charge in [-0.2, -0.15) is 0 Å². The van der Waals surface area contributed by atoms with Gasteiger partial charge in [0.25, 0.3) is 0 Å². The number of benzene rings is 1. The molecule has 0 heterocycles. The molecule has 0 saturated carbocycles. The van der Waals surface area contributed by atoms with Crippen molar-refractivity contribution in [3.05, 3.63) is 29.8 Å². The van der Waals surface area contributed by atoms with Crippen LogP contribution in [0.1, 0.15) is 24.9 Å². The number of aliphatic hydroxyl groups is 1. The second-order valence-corrected chi connectivity index (χ2v) is 4.13. The van der Waals surface area contributed by atoms with Crippen molar-refractivity contribution >= 4 is 5.91 Å². The van der Waals surface area contributed by atoms with Gasteiger partial charge in [0.1, 0.15) is 5.75 Å². The van der Waals surface area contributed by atoms with Gasteiger partial charge in [-0.1, -0.05) is 12.1 Å². The SMILES string of the molecule is COc1cccc([C@@H](C)NC(=O)[C@H](N)CCO)c1. The molecule has 18 heavy (non-hydrogen) atoms. The average molecular weight is 252 g/mol. The van der Waals surface area contributed by atoms with Crippen LogP contribution in [0.5, 0.6) is 5.75 Å². The van der Waals surface area contributed by atoms with Gasteiger partial charge >= 0.3 is 0 Å². The third-order valence-electron chi connectivity index (χ3n) is 2.73. The number of ether oxygens (including phenoxy) is 1. The summed E-state index contributed by atoms with van der Waals surface area (Å²) in [5.74, 6) is 0.479. The highest BCUT2D eigenvalue weighted by Gasteiger charge is 2.16. The summed E-state index contributed by atoms with van der Waals surface area (Å²) >= 11 is 0. The molecule has 100 valence electrons. The lowest BCUT2D eigenvalue weighted by atomic mass is 10.1. The minimum Gasteiger partial charge on any atom is -0.497 e. The molecule has 0 saturated heterocycles. The Kier molecular flexibility index (Phi) is 5.61. The normalized spacial score (nSPS) is 13.8. The fourth-order valence-corrected chi connectivity index (χ4v) is 1.58. The standard InChI is InChI=1S/C13H20N2O3/c1-9(15-13(17)12(14)6-7-16)10-4-3-5-11(8-10)18-2/h3-5,8-9,12,16H,6-7,14H2,1-2H3,(H,15,17)/t9-,12-/m1/s1. The van der Waals surface area contributed by atoms with Crippen LogP contribution >= 0.6 is 0 Å². The van der Waals surface area contributed by atoms with Crippen LogP contribution in [0.25, 0.3) is 0 Å². The Labute approximate surface area is 107 Å². The van der Waals surface area contributed by atoms with Crippen molar-refractivity contribution in [1.29, 1.82) is 0 Å². The molecule has 5 heteroatoms. The monoisotopic (exact) mass is 252 g/mol. The molecule has 1 aromatic rings. The fourth-order valence-electron chi connectivity index (χ4n) is 1.58. The Morgan fingerprint density at radius 2 is 2.28 bits per heavy atom. The zero-order valence-electron chi connectivity index (χ0n) is 10.7. The highest BCUT2D eigenvalue weighted by Crippen LogP contribution is 2.18. The molecule has 0 aliphatic carbocycles. The summed E-state index contributed by atoms with van der Waals surface area (Å²) in [7, 11) is 1.60. The second kappa shape index (κ2) is 6.98. The van der Waals surface area contributed by atoms with Crippen LogP contribution in [-0.4, -0.2) is 30.8 Å². The summed E-state index contributed by atoms with van der Waals surface area (Å²) in [5.41, 5.74) is 6.56. The Morgan fingerprint density at radius 3 is 2.89 bits per heavy atom. The van der Waals surface area contributed by atoms with E-state index in [-0.39, 0.29) is 25.0 Å². The quantitative estimate of drug-likeness (QED) is 0.691. The first kappa shape index (κ1) is 14.5. The number of amides is 1. The minimum atomic E-state index is -0.678. The summed E-state index contributed by atoms with van der Waals surface area (Å²) in [6.07, 6.45) is 0.261. The summed E-state index contributed by atoms with van der Waals surface area (Å²) in [4.78, 5) is 11.7. The molecule has 0 bridgehead atoms. The molecule has 0 fully saturated rings. The van der Waals surface area contributed by atoms with E-state index >= 15 is 0 Å². The van der Waals surface area contributed by atoms with E-state index < -0.39 is 6.04 Å². The van der Waals surface area contributed by atoms with Crippen LogP contribution < -0.4 is 15.8 Å². The maximum atomic E-state index is 11.7. The molecule has 0 spiro atoms. The lowest BCUT2D eigenvalue weighted by Gasteiger charge is -2.18. The van der Waals surface area contributed by atoms with Crippen LogP contribution in [0, 0.1) is 0 Å². The van der Waals surface area contributed by atoms with Gasteiger partial charge < -0.3 is 20.9 Å². The Balaban J connectivity index is 2.64. The molecular weight excluding hydrogens is 232 g/mol. The number of nitrogens with one attached hydrogen (secondary N) is 1. The average Bonchev–Trinajstić information content (AvgIpc) is 2.39. The van der Waals surface area contributed by atoms with Gasteiger partial charge in [-0.15, -0.1) is 0 Å². The molecular formula is C13H20N2O3. The number of carbonyl (C=O) groups is 1. The Morgan fingerprint density at radius 1 is 1.56 bits per heavy atom. The molecule has 1 amide bonds. The van der Waals surface area contributed by atoms with Crippen LogP contribution in [0.15, 0.2) is 24.3 Å². The van der Waals surface area contributed by atoms with Crippen LogP contribution in [-0.2, 0) is 4.79 Å². The van der Waals surface area contributed by atoms with E-state index in [1.165, 1.54) is 0 Å². The van der Waals surface area contributed by atoms with Crippen LogP contribution in [0.3, 0.4) is 0 Å². The third kappa shape index (κ3) is 4.01. The predicted molar refractivity (Wildman–Crippen MR) is 69.2 cm³/mol. The first-order valence-electron chi connectivity index (χ1n) is 5.89. The van der Waals surface area contributed by atoms with Gasteiger partial charge in [-0.3, -0.25) is 4.79 Å². The summed E-state index contributed by atoms with van der Waals surface area (Å²) in [5, 5.41) is 11.5. The molecule has 0 aromatic heterocycles. The van der Waals surface area contributed by atoms with E-state index in [0.717, 1.165) is 11.3 Å². The van der Waals surface area contributed by atoms with Gasteiger partial charge in [-0.05, 0) is 31.0 Å². The Hall–Kier alpha value is -1.59. The van der Waals surface area contributed by atoms with Crippen molar-refractivity contribution in [2.75, 3.05) is 13.7 Å². The smallest absolute Gasteiger partial charge is 0.237 e. The van der Waals surface area contributed by atoms with Gasteiger partial charge in [0.2, 0.25) is 5.91 Å². The highest BCUT2D eigenvalue weighted by molar-refractivity contribution is 5.81. The number of rotatable bonds is 6. The van der Waals surface area contributed by atoms with E-state index in [2.05, 4.69) is 5.32 Å². The molecule has 1 rings (SSSR count). The molecule has 4 N–H and O–H groups in total.